The van der Waals surface area contributed by atoms with Gasteiger partial charge < -0.3 is 14.6 Å². The number of aromatic nitrogens is 4. The predicted molar refractivity (Wildman–Crippen MR) is 109 cm³/mol. The largest absolute Gasteiger partial charge is 0.354 e. The molecule has 0 aliphatic carbocycles. The third-order valence-electron chi connectivity index (χ3n) is 5.48. The second-order valence-electron chi connectivity index (χ2n) is 7.53. The highest BCUT2D eigenvalue weighted by molar-refractivity contribution is 5.79. The molecule has 0 amide bonds. The number of piperidine rings is 1. The lowest BCUT2D eigenvalue weighted by molar-refractivity contribution is 0.226. The number of hydrogen-bond acceptors (Lipinski definition) is 5. The fourth-order valence-corrected chi connectivity index (χ4v) is 3.66. The first-order valence-corrected chi connectivity index (χ1v) is 9.59. The number of hydrogen-bond donors (Lipinski definition) is 1. The molecule has 146 valence electrons. The van der Waals surface area contributed by atoms with Gasteiger partial charge in [-0.15, -0.1) is 0 Å². The molecule has 4 rings (SSSR count). The summed E-state index contributed by atoms with van der Waals surface area (Å²) in [5.74, 6) is 0.905. The molecular weight excluding hydrogens is 355 g/mol. The molecule has 0 saturated carbocycles. The minimum Gasteiger partial charge on any atom is -0.354 e. The number of rotatable bonds is 5. The van der Waals surface area contributed by atoms with Gasteiger partial charge in [0.05, 0.1) is 5.69 Å². The Hall–Kier alpha value is -2.80. The molecule has 0 bridgehead atoms. The van der Waals surface area contributed by atoms with E-state index < -0.39 is 0 Å². The minimum absolute atomic E-state index is 0.304. The maximum atomic E-state index is 14.3. The first-order chi connectivity index (χ1) is 13.5. The molecule has 3 aromatic rings. The molecule has 6 nitrogen and oxygen atoms in total. The van der Waals surface area contributed by atoms with Crippen LogP contribution in [0.2, 0.25) is 0 Å². The van der Waals surface area contributed by atoms with E-state index in [0.29, 0.717) is 28.6 Å². The van der Waals surface area contributed by atoms with Crippen molar-refractivity contribution in [1.29, 1.82) is 0 Å². The van der Waals surface area contributed by atoms with Crippen LogP contribution in [0.5, 0.6) is 0 Å². The monoisotopic (exact) mass is 380 g/mol. The molecule has 4 heterocycles. The van der Waals surface area contributed by atoms with Crippen LogP contribution in [0.4, 0.5) is 10.3 Å². The van der Waals surface area contributed by atoms with Gasteiger partial charge in [-0.2, -0.15) is 0 Å². The van der Waals surface area contributed by atoms with Crippen molar-refractivity contribution >= 4 is 17.2 Å². The third-order valence-corrected chi connectivity index (χ3v) is 5.48. The number of anilines is 1. The number of pyridine rings is 1. The van der Waals surface area contributed by atoms with E-state index in [1.807, 2.05) is 13.1 Å². The minimum atomic E-state index is -0.376. The van der Waals surface area contributed by atoms with Crippen molar-refractivity contribution in [2.75, 3.05) is 32.0 Å². The second-order valence-corrected chi connectivity index (χ2v) is 7.53. The molecule has 28 heavy (non-hydrogen) atoms. The maximum absolute atomic E-state index is 14.3. The van der Waals surface area contributed by atoms with Gasteiger partial charge in [-0.25, -0.2) is 19.3 Å². The van der Waals surface area contributed by atoms with Gasteiger partial charge in [0.15, 0.2) is 11.5 Å². The van der Waals surface area contributed by atoms with Crippen LogP contribution in [-0.2, 0) is 0 Å². The highest BCUT2D eigenvalue weighted by Crippen LogP contribution is 2.25. The number of aryl methyl sites for hydroxylation is 1. The van der Waals surface area contributed by atoms with Gasteiger partial charge in [0.1, 0.15) is 0 Å². The van der Waals surface area contributed by atoms with E-state index in [1.165, 1.54) is 18.9 Å². The van der Waals surface area contributed by atoms with E-state index in [0.717, 1.165) is 30.9 Å². The molecule has 0 atom stereocenters. The Morgan fingerprint density at radius 3 is 2.86 bits per heavy atom. The Kier molecular flexibility index (Phi) is 5.09. The van der Waals surface area contributed by atoms with Crippen LogP contribution in [0.25, 0.3) is 11.2 Å². The smallest absolute Gasteiger partial charge is 0.222 e. The number of nitrogens with zero attached hydrogens (tertiary/aromatic N) is 5. The fraction of sp³-hybridized carbons (Fsp3) is 0.381. The van der Waals surface area contributed by atoms with Gasteiger partial charge in [-0.3, -0.25) is 0 Å². The summed E-state index contributed by atoms with van der Waals surface area (Å²) in [6.45, 7) is 9.23. The standard InChI is InChI=1S/C21H25FN6/c1-14(17-10-19(22)20-23-6-9-28(20)13-17)18-12-25-21(26-15(18)2)24-11-16-4-7-27(3)8-5-16/h6,9-10,12-13,16H,1,4-5,7-8,11H2,2-3H3,(H,24,25,26). The Morgan fingerprint density at radius 2 is 2.11 bits per heavy atom. The summed E-state index contributed by atoms with van der Waals surface area (Å²) in [7, 11) is 2.16. The van der Waals surface area contributed by atoms with E-state index in [-0.39, 0.29) is 5.82 Å². The SMILES string of the molecule is C=C(c1cc(F)c2nccn2c1)c1cnc(NCC2CCN(C)CC2)nc1C. The normalized spacial score (nSPS) is 15.8. The quantitative estimate of drug-likeness (QED) is 0.735. The van der Waals surface area contributed by atoms with Gasteiger partial charge in [0.25, 0.3) is 0 Å². The van der Waals surface area contributed by atoms with Crippen molar-refractivity contribution in [1.82, 2.24) is 24.3 Å². The van der Waals surface area contributed by atoms with Crippen LogP contribution < -0.4 is 5.32 Å². The molecule has 1 aliphatic heterocycles. The van der Waals surface area contributed by atoms with Gasteiger partial charge >= 0.3 is 0 Å². The number of fused-ring (bicyclic) bond motifs is 1. The molecule has 1 saturated heterocycles. The summed E-state index contributed by atoms with van der Waals surface area (Å²) in [6, 6.07) is 1.45. The average Bonchev–Trinajstić information content (AvgIpc) is 3.16. The van der Waals surface area contributed by atoms with Gasteiger partial charge in [0.2, 0.25) is 5.95 Å². The highest BCUT2D eigenvalue weighted by Gasteiger charge is 2.17. The molecule has 0 unspecified atom stereocenters. The van der Waals surface area contributed by atoms with Crippen LogP contribution in [0.3, 0.4) is 0 Å². The van der Waals surface area contributed by atoms with Crippen LogP contribution in [0.1, 0.15) is 29.7 Å². The van der Waals surface area contributed by atoms with E-state index in [2.05, 4.69) is 38.8 Å². The maximum Gasteiger partial charge on any atom is 0.222 e. The number of nitrogens with one attached hydrogen (secondary N) is 1. The number of likely N-dealkylation sites (tertiary alicyclic amines) is 1. The topological polar surface area (TPSA) is 58.4 Å². The van der Waals surface area contributed by atoms with Crippen molar-refractivity contribution in [2.24, 2.45) is 5.92 Å². The number of halogens is 1. The Balaban J connectivity index is 1.48. The lowest BCUT2D eigenvalue weighted by Gasteiger charge is -2.28. The molecular formula is C21H25FN6. The van der Waals surface area contributed by atoms with E-state index >= 15 is 0 Å². The molecule has 7 heteroatoms. The summed E-state index contributed by atoms with van der Waals surface area (Å²) < 4.78 is 15.9. The van der Waals surface area contributed by atoms with Crippen molar-refractivity contribution in [3.8, 4) is 0 Å². The molecule has 0 radical (unpaired) electrons. The Bertz CT molecular complexity index is 1000. The average molecular weight is 380 g/mol. The first-order valence-electron chi connectivity index (χ1n) is 9.59. The lowest BCUT2D eigenvalue weighted by atomic mass is 9.97. The summed E-state index contributed by atoms with van der Waals surface area (Å²) in [5, 5.41) is 3.36. The Morgan fingerprint density at radius 1 is 1.32 bits per heavy atom. The van der Waals surface area contributed by atoms with Crippen LogP contribution >= 0.6 is 0 Å². The third kappa shape index (κ3) is 3.75. The number of imidazole rings is 1. The zero-order valence-corrected chi connectivity index (χ0v) is 16.3. The van der Waals surface area contributed by atoms with Crippen molar-refractivity contribution < 1.29 is 4.39 Å². The Labute approximate surface area is 164 Å². The van der Waals surface area contributed by atoms with E-state index in [9.17, 15) is 4.39 Å². The van der Waals surface area contributed by atoms with Gasteiger partial charge in [-0.1, -0.05) is 6.58 Å². The van der Waals surface area contributed by atoms with Crippen molar-refractivity contribution in [3.63, 3.8) is 0 Å². The first kappa shape index (κ1) is 18.6. The molecule has 0 aromatic carbocycles. The van der Waals surface area contributed by atoms with E-state index in [1.54, 1.807) is 23.0 Å². The summed E-state index contributed by atoms with van der Waals surface area (Å²) in [6.07, 6.45) is 9.26. The summed E-state index contributed by atoms with van der Waals surface area (Å²) in [4.78, 5) is 15.4. The van der Waals surface area contributed by atoms with Crippen LogP contribution in [0.15, 0.2) is 37.4 Å². The highest BCUT2D eigenvalue weighted by atomic mass is 19.1. The lowest BCUT2D eigenvalue weighted by Crippen LogP contribution is -2.33. The molecule has 1 N–H and O–H groups in total. The molecule has 1 fully saturated rings. The molecule has 0 spiro atoms. The zero-order chi connectivity index (χ0) is 19.7. The van der Waals surface area contributed by atoms with Crippen LogP contribution in [0, 0.1) is 18.7 Å². The fourth-order valence-electron chi connectivity index (χ4n) is 3.66. The summed E-state index contributed by atoms with van der Waals surface area (Å²) >= 11 is 0. The molecule has 3 aromatic heterocycles. The van der Waals surface area contributed by atoms with Gasteiger partial charge in [-0.05, 0) is 57.5 Å². The predicted octanol–water partition coefficient (Wildman–Crippen LogP) is 3.39. The summed E-state index contributed by atoms with van der Waals surface area (Å²) in [5.41, 5.74) is 3.30. The molecule has 1 aliphatic rings. The second kappa shape index (κ2) is 7.67. The van der Waals surface area contributed by atoms with Gasteiger partial charge in [0, 0.05) is 42.5 Å². The van der Waals surface area contributed by atoms with Crippen molar-refractivity contribution in [2.45, 2.75) is 19.8 Å². The van der Waals surface area contributed by atoms with E-state index in [4.69, 9.17) is 0 Å². The van der Waals surface area contributed by atoms with Crippen LogP contribution in [-0.4, -0.2) is 50.9 Å². The zero-order valence-electron chi connectivity index (χ0n) is 16.3. The van der Waals surface area contributed by atoms with Crippen molar-refractivity contribution in [3.05, 3.63) is 60.1 Å².